The second-order valence-electron chi connectivity index (χ2n) is 5.24. The zero-order valence-corrected chi connectivity index (χ0v) is 13.7. The summed E-state index contributed by atoms with van der Waals surface area (Å²) in [6.45, 7) is 2.34. The maximum atomic E-state index is 12.2. The first-order valence-electron chi connectivity index (χ1n) is 6.04. The summed E-state index contributed by atoms with van der Waals surface area (Å²) in [6, 6.07) is 4.26. The molecule has 0 aliphatic carbocycles. The van der Waals surface area contributed by atoms with Gasteiger partial charge in [-0.15, -0.1) is 0 Å². The molecule has 0 bridgehead atoms. The number of benzene rings is 1. The van der Waals surface area contributed by atoms with Crippen LogP contribution in [0.5, 0.6) is 5.75 Å². The fourth-order valence-electron chi connectivity index (χ4n) is 1.68. The molecule has 0 saturated carbocycles. The number of fused-ring (bicyclic) bond motifs is 1. The summed E-state index contributed by atoms with van der Waals surface area (Å²) in [5.41, 5.74) is -0.185. The Labute approximate surface area is 133 Å². The van der Waals surface area contributed by atoms with E-state index in [-0.39, 0.29) is 5.75 Å². The molecule has 2 rings (SSSR count). The molecule has 0 N–H and O–H groups in total. The quantitative estimate of drug-likeness (QED) is 0.702. The van der Waals surface area contributed by atoms with Crippen molar-refractivity contribution in [3.05, 3.63) is 21.9 Å². The Bertz CT molecular complexity index is 680. The number of aromatic nitrogens is 2. The molecule has 8 heteroatoms. The van der Waals surface area contributed by atoms with Gasteiger partial charge in [-0.05, 0) is 61.6 Å². The van der Waals surface area contributed by atoms with Crippen molar-refractivity contribution in [1.82, 2.24) is 9.78 Å². The first kappa shape index (κ1) is 15.9. The van der Waals surface area contributed by atoms with E-state index < -0.39 is 18.3 Å². The van der Waals surface area contributed by atoms with Gasteiger partial charge >= 0.3 is 12.7 Å². The molecule has 0 fully saturated rings. The first-order chi connectivity index (χ1) is 9.67. The summed E-state index contributed by atoms with van der Waals surface area (Å²) in [5, 5.41) is 4.62. The van der Waals surface area contributed by atoms with Crippen LogP contribution in [0.25, 0.3) is 10.9 Å². The lowest BCUT2D eigenvalue weighted by atomic mass is 10.2. The van der Waals surface area contributed by atoms with Gasteiger partial charge in [0.2, 0.25) is 0 Å². The van der Waals surface area contributed by atoms with Crippen LogP contribution in [0.15, 0.2) is 18.2 Å². The zero-order chi connectivity index (χ0) is 15.8. The molecule has 0 saturated heterocycles. The lowest BCUT2D eigenvalue weighted by molar-refractivity contribution is -0.0497. The van der Waals surface area contributed by atoms with E-state index in [0.29, 0.717) is 14.6 Å². The van der Waals surface area contributed by atoms with Gasteiger partial charge < -0.3 is 9.47 Å². The second-order valence-corrected chi connectivity index (χ2v) is 6.26. The van der Waals surface area contributed by atoms with Crippen LogP contribution in [0.3, 0.4) is 0 Å². The molecular weight excluding hydrogens is 397 g/mol. The molecule has 0 spiro atoms. The minimum atomic E-state index is -2.90. The predicted octanol–water partition coefficient (Wildman–Crippen LogP) is 4.03. The molecule has 0 unspecified atom stereocenters. The van der Waals surface area contributed by atoms with Crippen molar-refractivity contribution in [2.75, 3.05) is 0 Å². The second kappa shape index (κ2) is 5.74. The number of hydrogen-bond acceptors (Lipinski definition) is 4. The molecule has 0 aliphatic heterocycles. The Balaban J connectivity index is 2.41. The van der Waals surface area contributed by atoms with Crippen LogP contribution >= 0.6 is 22.6 Å². The third-order valence-electron chi connectivity index (χ3n) is 2.40. The summed E-state index contributed by atoms with van der Waals surface area (Å²) >= 11 is 1.92. The molecule has 21 heavy (non-hydrogen) atoms. The third-order valence-corrected chi connectivity index (χ3v) is 3.19. The van der Waals surface area contributed by atoms with E-state index >= 15 is 0 Å². The normalized spacial score (nSPS) is 12.0. The Hall–Kier alpha value is -1.45. The Morgan fingerprint density at radius 1 is 1.38 bits per heavy atom. The van der Waals surface area contributed by atoms with Gasteiger partial charge in [-0.2, -0.15) is 18.6 Å². The molecule has 114 valence electrons. The highest BCUT2D eigenvalue weighted by Gasteiger charge is 2.22. The van der Waals surface area contributed by atoms with E-state index in [9.17, 15) is 13.6 Å². The van der Waals surface area contributed by atoms with Gasteiger partial charge in [0, 0.05) is 5.39 Å². The van der Waals surface area contributed by atoms with Crippen molar-refractivity contribution >= 4 is 39.6 Å². The SMILES string of the molecule is CC(C)(C)OC(=O)n1nc(I)c2cc(OC(F)F)ccc21. The number of rotatable bonds is 2. The van der Waals surface area contributed by atoms with Crippen molar-refractivity contribution in [3.8, 4) is 5.75 Å². The highest BCUT2D eigenvalue weighted by atomic mass is 127. The van der Waals surface area contributed by atoms with Crippen molar-refractivity contribution < 1.29 is 23.0 Å². The Kier molecular flexibility index (Phi) is 4.35. The molecule has 0 atom stereocenters. The number of hydrogen-bond donors (Lipinski definition) is 0. The average molecular weight is 410 g/mol. The van der Waals surface area contributed by atoms with Gasteiger partial charge in [0.1, 0.15) is 15.1 Å². The van der Waals surface area contributed by atoms with Crippen molar-refractivity contribution in [3.63, 3.8) is 0 Å². The lowest BCUT2D eigenvalue weighted by Crippen LogP contribution is -2.27. The fraction of sp³-hybridized carbons (Fsp3) is 0.385. The average Bonchev–Trinajstić information content (AvgIpc) is 2.64. The molecule has 0 radical (unpaired) electrons. The Morgan fingerprint density at radius 3 is 2.62 bits per heavy atom. The van der Waals surface area contributed by atoms with E-state index in [0.717, 1.165) is 4.68 Å². The topological polar surface area (TPSA) is 53.4 Å². The van der Waals surface area contributed by atoms with Crippen LogP contribution in [-0.2, 0) is 4.74 Å². The van der Waals surface area contributed by atoms with Crippen LogP contribution < -0.4 is 4.74 Å². The summed E-state index contributed by atoms with van der Waals surface area (Å²) in [7, 11) is 0. The fourth-order valence-corrected chi connectivity index (χ4v) is 2.33. The molecule has 1 heterocycles. The van der Waals surface area contributed by atoms with Crippen LogP contribution in [0, 0.1) is 3.70 Å². The van der Waals surface area contributed by atoms with E-state index in [4.69, 9.17) is 4.74 Å². The number of halogens is 3. The predicted molar refractivity (Wildman–Crippen MR) is 80.7 cm³/mol. The van der Waals surface area contributed by atoms with Crippen molar-refractivity contribution in [2.45, 2.75) is 33.0 Å². The number of alkyl halides is 2. The maximum Gasteiger partial charge on any atom is 0.435 e. The van der Waals surface area contributed by atoms with E-state index in [1.807, 2.05) is 22.6 Å². The minimum absolute atomic E-state index is 0.0131. The van der Waals surface area contributed by atoms with Crippen LogP contribution in [0.2, 0.25) is 0 Å². The largest absolute Gasteiger partial charge is 0.442 e. The molecule has 1 aromatic heterocycles. The highest BCUT2D eigenvalue weighted by molar-refractivity contribution is 14.1. The van der Waals surface area contributed by atoms with Crippen LogP contribution in [0.4, 0.5) is 13.6 Å². The Morgan fingerprint density at radius 2 is 2.05 bits per heavy atom. The van der Waals surface area contributed by atoms with Gasteiger partial charge in [-0.3, -0.25) is 0 Å². The molecular formula is C13H13F2IN2O3. The van der Waals surface area contributed by atoms with Gasteiger partial charge in [0.05, 0.1) is 5.52 Å². The number of nitrogens with zero attached hydrogens (tertiary/aromatic N) is 2. The molecule has 2 aromatic rings. The zero-order valence-electron chi connectivity index (χ0n) is 11.6. The van der Waals surface area contributed by atoms with Gasteiger partial charge in [0.15, 0.2) is 0 Å². The summed E-state index contributed by atoms with van der Waals surface area (Å²) in [5.74, 6) is 0.0131. The van der Waals surface area contributed by atoms with Crippen LogP contribution in [-0.4, -0.2) is 28.1 Å². The number of carbonyl (C=O) groups excluding carboxylic acids is 1. The standard InChI is InChI=1S/C13H13F2IN2O3/c1-13(2,3)21-12(19)18-9-5-4-7(20-11(14)15)6-8(9)10(16)17-18/h4-6,11H,1-3H3. The molecule has 1 aromatic carbocycles. The number of carbonyl (C=O) groups is 1. The summed E-state index contributed by atoms with van der Waals surface area (Å²) in [4.78, 5) is 12.1. The van der Waals surface area contributed by atoms with E-state index in [1.165, 1.54) is 18.2 Å². The third kappa shape index (κ3) is 3.80. The van der Waals surface area contributed by atoms with E-state index in [2.05, 4.69) is 9.84 Å². The lowest BCUT2D eigenvalue weighted by Gasteiger charge is -2.19. The van der Waals surface area contributed by atoms with Crippen LogP contribution in [0.1, 0.15) is 20.8 Å². The number of ether oxygens (including phenoxy) is 2. The first-order valence-corrected chi connectivity index (χ1v) is 7.12. The molecule has 0 amide bonds. The monoisotopic (exact) mass is 410 g/mol. The maximum absolute atomic E-state index is 12.2. The molecule has 0 aliphatic rings. The smallest absolute Gasteiger partial charge is 0.435 e. The van der Waals surface area contributed by atoms with Crippen molar-refractivity contribution in [1.29, 1.82) is 0 Å². The van der Waals surface area contributed by atoms with E-state index in [1.54, 1.807) is 20.8 Å². The van der Waals surface area contributed by atoms with Gasteiger partial charge in [-0.1, -0.05) is 0 Å². The minimum Gasteiger partial charge on any atom is -0.442 e. The summed E-state index contributed by atoms with van der Waals surface area (Å²) in [6.07, 6.45) is -0.627. The van der Waals surface area contributed by atoms with Gasteiger partial charge in [0.25, 0.3) is 0 Å². The molecule has 5 nitrogen and oxygen atoms in total. The van der Waals surface area contributed by atoms with Crippen molar-refractivity contribution in [2.24, 2.45) is 0 Å². The highest BCUT2D eigenvalue weighted by Crippen LogP contribution is 2.26. The van der Waals surface area contributed by atoms with Gasteiger partial charge in [-0.25, -0.2) is 4.79 Å². The summed E-state index contributed by atoms with van der Waals surface area (Å²) < 4.78 is 35.6.